The molecule has 3 atom stereocenters. The summed E-state index contributed by atoms with van der Waals surface area (Å²) in [7, 11) is 1.89. The number of rotatable bonds is 17. The van der Waals surface area contributed by atoms with E-state index in [0.717, 1.165) is 37.9 Å². The maximum absolute atomic E-state index is 4.48. The van der Waals surface area contributed by atoms with E-state index in [2.05, 4.69) is 81.7 Å². The van der Waals surface area contributed by atoms with Crippen LogP contribution in [0.15, 0.2) is 77.5 Å². The van der Waals surface area contributed by atoms with Gasteiger partial charge in [-0.1, -0.05) is 65.0 Å². The van der Waals surface area contributed by atoms with Crippen molar-refractivity contribution in [2.45, 2.75) is 67.2 Å². The summed E-state index contributed by atoms with van der Waals surface area (Å²) in [4.78, 5) is 4.48. The summed E-state index contributed by atoms with van der Waals surface area (Å²) in [6.45, 7) is 22.3. The van der Waals surface area contributed by atoms with Crippen LogP contribution in [0, 0.1) is 17.8 Å². The summed E-state index contributed by atoms with van der Waals surface area (Å²) in [6, 6.07) is 0. The van der Waals surface area contributed by atoms with Crippen LogP contribution in [-0.4, -0.2) is 19.8 Å². The van der Waals surface area contributed by atoms with Crippen molar-refractivity contribution in [1.29, 1.82) is 0 Å². The van der Waals surface area contributed by atoms with Crippen LogP contribution in [0.2, 0.25) is 0 Å². The fraction of sp³-hybridized carbons (Fsp3) is 0.536. The van der Waals surface area contributed by atoms with E-state index in [4.69, 9.17) is 0 Å². The van der Waals surface area contributed by atoms with Crippen molar-refractivity contribution < 1.29 is 0 Å². The molecule has 0 spiro atoms. The van der Waals surface area contributed by atoms with Crippen LogP contribution in [0.25, 0.3) is 0 Å². The largest absolute Gasteiger partial charge is 0.394 e. The highest BCUT2D eigenvalue weighted by molar-refractivity contribution is 5.77. The van der Waals surface area contributed by atoms with Crippen molar-refractivity contribution in [3.8, 4) is 0 Å². The Morgan fingerprint density at radius 3 is 2.47 bits per heavy atom. The van der Waals surface area contributed by atoms with Crippen LogP contribution < -0.4 is 16.0 Å². The van der Waals surface area contributed by atoms with Gasteiger partial charge in [-0.2, -0.15) is 0 Å². The number of nitrogens with one attached hydrogen (secondary N) is 3. The van der Waals surface area contributed by atoms with Gasteiger partial charge in [-0.15, -0.1) is 0 Å². The first-order chi connectivity index (χ1) is 15.3. The Hall–Kier alpha value is -2.49. The predicted molar refractivity (Wildman–Crippen MR) is 144 cm³/mol. The van der Waals surface area contributed by atoms with Gasteiger partial charge in [-0.25, -0.2) is 0 Å². The fourth-order valence-corrected chi connectivity index (χ4v) is 3.62. The Morgan fingerprint density at radius 1 is 1.12 bits per heavy atom. The standard InChI is InChI=1S/C28H48N4/c1-10-16-28(27(8)31-11-2)26(7)23(4)19-22(3)24(5)20-30-21-25(6)32-18-15-13-12-14-17-29-9/h11-14,17,20-23,26,29,31-32H,2,6,10,15-16,18-19H2,1,3-5,7-9H3/b13-12+,17-14-,24-20+,28-27+,30-21-/t22?,23-,26+/m1/s1. The van der Waals surface area contributed by atoms with E-state index in [1.165, 1.54) is 16.8 Å². The third kappa shape index (κ3) is 13.0. The van der Waals surface area contributed by atoms with Crippen molar-refractivity contribution in [3.05, 3.63) is 72.5 Å². The first-order valence-corrected chi connectivity index (χ1v) is 12.0. The van der Waals surface area contributed by atoms with Crippen LogP contribution in [0.3, 0.4) is 0 Å². The van der Waals surface area contributed by atoms with E-state index in [1.54, 1.807) is 12.4 Å². The van der Waals surface area contributed by atoms with Crippen LogP contribution >= 0.6 is 0 Å². The molecule has 0 rings (SSSR count). The number of hydrogen-bond acceptors (Lipinski definition) is 4. The van der Waals surface area contributed by atoms with Crippen LogP contribution in [0.1, 0.15) is 67.2 Å². The molecule has 32 heavy (non-hydrogen) atoms. The number of aliphatic imine (C=N–C) groups is 1. The summed E-state index contributed by atoms with van der Waals surface area (Å²) in [5.74, 6) is 1.61. The molecule has 0 aliphatic heterocycles. The van der Waals surface area contributed by atoms with Crippen molar-refractivity contribution >= 4 is 6.21 Å². The Labute approximate surface area is 198 Å². The monoisotopic (exact) mass is 440 g/mol. The third-order valence-corrected chi connectivity index (χ3v) is 5.91. The summed E-state index contributed by atoms with van der Waals surface area (Å²) in [5, 5.41) is 9.55. The maximum atomic E-state index is 4.48. The van der Waals surface area contributed by atoms with Gasteiger partial charge in [0.1, 0.15) is 0 Å². The lowest BCUT2D eigenvalue weighted by atomic mass is 9.79. The van der Waals surface area contributed by atoms with Crippen molar-refractivity contribution in [3.63, 3.8) is 0 Å². The zero-order valence-corrected chi connectivity index (χ0v) is 21.7. The van der Waals surface area contributed by atoms with Crippen LogP contribution in [0.4, 0.5) is 0 Å². The van der Waals surface area contributed by atoms with E-state index in [-0.39, 0.29) is 0 Å². The molecule has 0 aromatic heterocycles. The minimum Gasteiger partial charge on any atom is -0.394 e. The molecule has 0 saturated heterocycles. The Morgan fingerprint density at radius 2 is 1.84 bits per heavy atom. The van der Waals surface area contributed by atoms with Crippen molar-refractivity contribution in [2.24, 2.45) is 22.7 Å². The highest BCUT2D eigenvalue weighted by Gasteiger charge is 2.20. The van der Waals surface area contributed by atoms with Gasteiger partial charge in [0, 0.05) is 37.4 Å². The number of hydrogen-bond donors (Lipinski definition) is 3. The third-order valence-electron chi connectivity index (χ3n) is 5.91. The molecule has 0 bridgehead atoms. The number of nitrogens with zero attached hydrogens (tertiary/aromatic N) is 1. The SMILES string of the molecule is C=CN/C(C)=C(\CCC)[C@@H](C)[C@H](C)CC(C)/C(C)=C/N=C\C(=C)NCC/C=C/C=C\NC. The average Bonchev–Trinajstić information content (AvgIpc) is 2.76. The normalized spacial score (nSPS) is 16.2. The molecule has 0 fully saturated rings. The number of allylic oxidation sites excluding steroid dienone is 6. The van der Waals surface area contributed by atoms with Gasteiger partial charge in [0.05, 0.1) is 0 Å². The quantitative estimate of drug-likeness (QED) is 0.132. The van der Waals surface area contributed by atoms with Crippen molar-refractivity contribution in [1.82, 2.24) is 16.0 Å². The molecule has 0 amide bonds. The molecule has 0 aliphatic carbocycles. The zero-order chi connectivity index (χ0) is 24.4. The molecule has 0 aromatic rings. The minimum absolute atomic E-state index is 0.483. The van der Waals surface area contributed by atoms with Gasteiger partial charge in [-0.05, 0) is 74.9 Å². The van der Waals surface area contributed by atoms with E-state index < -0.39 is 0 Å². The molecule has 180 valence electrons. The maximum Gasteiger partial charge on any atom is 0.0493 e. The fourth-order valence-electron chi connectivity index (χ4n) is 3.62. The van der Waals surface area contributed by atoms with Gasteiger partial charge in [0.15, 0.2) is 0 Å². The first kappa shape index (κ1) is 29.5. The van der Waals surface area contributed by atoms with E-state index in [0.29, 0.717) is 17.8 Å². The Balaban J connectivity index is 4.69. The molecule has 3 N–H and O–H groups in total. The van der Waals surface area contributed by atoms with Gasteiger partial charge >= 0.3 is 0 Å². The second kappa shape index (κ2) is 18.1. The Kier molecular flexibility index (Phi) is 16.7. The molecule has 0 aliphatic rings. The van der Waals surface area contributed by atoms with E-state index in [1.807, 2.05) is 31.6 Å². The van der Waals surface area contributed by atoms with Gasteiger partial charge in [0.2, 0.25) is 0 Å². The second-order valence-electron chi connectivity index (χ2n) is 8.62. The smallest absolute Gasteiger partial charge is 0.0493 e. The minimum atomic E-state index is 0.483. The lowest BCUT2D eigenvalue weighted by Gasteiger charge is -2.27. The molecule has 0 heterocycles. The van der Waals surface area contributed by atoms with Gasteiger partial charge in [0.25, 0.3) is 0 Å². The second-order valence-corrected chi connectivity index (χ2v) is 8.62. The summed E-state index contributed by atoms with van der Waals surface area (Å²) < 4.78 is 0. The summed E-state index contributed by atoms with van der Waals surface area (Å²) >= 11 is 0. The average molecular weight is 441 g/mol. The van der Waals surface area contributed by atoms with E-state index in [9.17, 15) is 0 Å². The highest BCUT2D eigenvalue weighted by atomic mass is 14.9. The molecule has 4 heteroatoms. The van der Waals surface area contributed by atoms with E-state index >= 15 is 0 Å². The Bertz CT molecular complexity index is 694. The van der Waals surface area contributed by atoms with Gasteiger partial charge < -0.3 is 16.0 Å². The molecular formula is C28H48N4. The van der Waals surface area contributed by atoms with Crippen molar-refractivity contribution in [2.75, 3.05) is 13.6 Å². The predicted octanol–water partition coefficient (Wildman–Crippen LogP) is 6.85. The molecule has 4 nitrogen and oxygen atoms in total. The molecule has 0 saturated carbocycles. The highest BCUT2D eigenvalue weighted by Crippen LogP contribution is 2.32. The molecule has 1 unspecified atom stereocenters. The first-order valence-electron chi connectivity index (χ1n) is 12.0. The molecular weight excluding hydrogens is 392 g/mol. The summed E-state index contributed by atoms with van der Waals surface area (Å²) in [5.41, 5.74) is 4.90. The van der Waals surface area contributed by atoms with Gasteiger partial charge in [-0.3, -0.25) is 4.99 Å². The summed E-state index contributed by atoms with van der Waals surface area (Å²) in [6.07, 6.45) is 18.0. The lowest BCUT2D eigenvalue weighted by Crippen LogP contribution is -2.18. The molecule has 0 aromatic carbocycles. The zero-order valence-electron chi connectivity index (χ0n) is 21.7. The van der Waals surface area contributed by atoms with Crippen LogP contribution in [-0.2, 0) is 0 Å². The topological polar surface area (TPSA) is 48.5 Å². The lowest BCUT2D eigenvalue weighted by molar-refractivity contribution is 0.357. The molecule has 0 radical (unpaired) electrons. The van der Waals surface area contributed by atoms with Crippen LogP contribution in [0.5, 0.6) is 0 Å².